The van der Waals surface area contributed by atoms with Gasteiger partial charge in [-0.05, 0) is 38.5 Å². The molecule has 1 aliphatic carbocycles. The van der Waals surface area contributed by atoms with E-state index in [4.69, 9.17) is 4.52 Å². The Morgan fingerprint density at radius 2 is 2.10 bits per heavy atom. The highest BCUT2D eigenvalue weighted by atomic mass is 16.5. The lowest BCUT2D eigenvalue weighted by Gasteiger charge is -2.39. The lowest BCUT2D eigenvalue weighted by atomic mass is 9.83. The SMILES string of the molecule is CC[C@@H]1CN(C(=O)c2cc(-c3cnn(C)c3C)on2)CC[C@@H]1NC(=O)C1CCC1. The number of piperidine rings is 1. The highest BCUT2D eigenvalue weighted by Crippen LogP contribution is 2.29. The fourth-order valence-corrected chi connectivity index (χ4v) is 4.20. The van der Waals surface area contributed by atoms with Gasteiger partial charge in [-0.1, -0.05) is 18.5 Å². The van der Waals surface area contributed by atoms with Crippen LogP contribution in [0.3, 0.4) is 0 Å². The molecule has 2 aliphatic rings. The summed E-state index contributed by atoms with van der Waals surface area (Å²) in [6.07, 6.45) is 6.57. The number of aromatic nitrogens is 3. The standard InChI is InChI=1S/C21H29N5O3/c1-4-14-12-26(9-8-17(14)23-20(27)15-6-5-7-15)21(28)18-10-19(29-24-18)16-11-22-25(3)13(16)2/h10-11,14-15,17H,4-9,12H2,1-3H3,(H,23,27)/t14-,17+/m1/s1. The molecule has 1 saturated carbocycles. The first kappa shape index (κ1) is 19.7. The van der Waals surface area contributed by atoms with Crippen LogP contribution in [0.5, 0.6) is 0 Å². The van der Waals surface area contributed by atoms with Crippen molar-refractivity contribution in [3.8, 4) is 11.3 Å². The zero-order valence-corrected chi connectivity index (χ0v) is 17.4. The van der Waals surface area contributed by atoms with Gasteiger partial charge in [-0.15, -0.1) is 0 Å². The number of hydrogen-bond acceptors (Lipinski definition) is 5. The van der Waals surface area contributed by atoms with Gasteiger partial charge in [-0.2, -0.15) is 5.10 Å². The first-order chi connectivity index (χ1) is 14.0. The van der Waals surface area contributed by atoms with E-state index in [-0.39, 0.29) is 29.7 Å². The Bertz CT molecular complexity index is 898. The van der Waals surface area contributed by atoms with Gasteiger partial charge in [-0.25, -0.2) is 0 Å². The normalized spacial score (nSPS) is 22.4. The Balaban J connectivity index is 1.41. The number of nitrogens with zero attached hydrogens (tertiary/aromatic N) is 4. The van der Waals surface area contributed by atoms with Crippen LogP contribution in [0.4, 0.5) is 0 Å². The molecule has 4 rings (SSSR count). The van der Waals surface area contributed by atoms with E-state index in [0.717, 1.165) is 43.4 Å². The Morgan fingerprint density at radius 3 is 2.72 bits per heavy atom. The summed E-state index contributed by atoms with van der Waals surface area (Å²) in [5.74, 6) is 1.06. The van der Waals surface area contributed by atoms with E-state index in [1.54, 1.807) is 16.9 Å². The molecule has 2 fully saturated rings. The largest absolute Gasteiger partial charge is 0.355 e. The molecule has 29 heavy (non-hydrogen) atoms. The van der Waals surface area contributed by atoms with Crippen LogP contribution >= 0.6 is 0 Å². The average molecular weight is 399 g/mol. The van der Waals surface area contributed by atoms with Crippen LogP contribution in [0, 0.1) is 18.8 Å². The van der Waals surface area contributed by atoms with E-state index in [1.165, 1.54) is 0 Å². The number of hydrogen-bond donors (Lipinski definition) is 1. The third kappa shape index (κ3) is 3.80. The number of amides is 2. The maximum Gasteiger partial charge on any atom is 0.276 e. The smallest absolute Gasteiger partial charge is 0.276 e. The lowest BCUT2D eigenvalue weighted by molar-refractivity contribution is -0.128. The Labute approximate surface area is 170 Å². The van der Waals surface area contributed by atoms with Gasteiger partial charge in [0.1, 0.15) is 0 Å². The molecule has 1 N–H and O–H groups in total. The van der Waals surface area contributed by atoms with Crippen molar-refractivity contribution in [2.45, 2.75) is 52.0 Å². The van der Waals surface area contributed by atoms with E-state index < -0.39 is 0 Å². The summed E-state index contributed by atoms with van der Waals surface area (Å²) in [6, 6.07) is 1.83. The van der Waals surface area contributed by atoms with E-state index in [0.29, 0.717) is 24.5 Å². The van der Waals surface area contributed by atoms with Gasteiger partial charge in [-0.3, -0.25) is 14.3 Å². The molecular weight excluding hydrogens is 370 g/mol. The maximum absolute atomic E-state index is 13.0. The molecular formula is C21H29N5O3. The average Bonchev–Trinajstić information content (AvgIpc) is 3.27. The number of rotatable bonds is 5. The van der Waals surface area contributed by atoms with Crippen LogP contribution < -0.4 is 5.32 Å². The summed E-state index contributed by atoms with van der Waals surface area (Å²) in [4.78, 5) is 27.2. The lowest BCUT2D eigenvalue weighted by Crippen LogP contribution is -2.53. The Kier molecular flexibility index (Phi) is 5.43. The third-order valence-electron chi connectivity index (χ3n) is 6.58. The minimum atomic E-state index is -0.122. The molecule has 1 aliphatic heterocycles. The van der Waals surface area contributed by atoms with E-state index in [2.05, 4.69) is 22.5 Å². The van der Waals surface area contributed by atoms with Gasteiger partial charge >= 0.3 is 0 Å². The van der Waals surface area contributed by atoms with Crippen molar-refractivity contribution in [3.63, 3.8) is 0 Å². The summed E-state index contributed by atoms with van der Waals surface area (Å²) in [7, 11) is 1.86. The second kappa shape index (κ2) is 8.00. The second-order valence-electron chi connectivity index (χ2n) is 8.29. The molecule has 2 aromatic heterocycles. The zero-order valence-electron chi connectivity index (χ0n) is 17.4. The summed E-state index contributed by atoms with van der Waals surface area (Å²) in [6.45, 7) is 5.29. The maximum atomic E-state index is 13.0. The molecule has 8 heteroatoms. The molecule has 0 aromatic carbocycles. The number of nitrogens with one attached hydrogen (secondary N) is 1. The first-order valence-electron chi connectivity index (χ1n) is 10.5. The Hall–Kier alpha value is -2.64. The topological polar surface area (TPSA) is 93.3 Å². The van der Waals surface area contributed by atoms with Crippen molar-refractivity contribution in [1.82, 2.24) is 25.2 Å². The zero-order chi connectivity index (χ0) is 20.5. The highest BCUT2D eigenvalue weighted by molar-refractivity contribution is 5.93. The summed E-state index contributed by atoms with van der Waals surface area (Å²) < 4.78 is 7.18. The molecule has 8 nitrogen and oxygen atoms in total. The molecule has 0 bridgehead atoms. The van der Waals surface area contributed by atoms with Gasteiger partial charge in [0.15, 0.2) is 11.5 Å². The van der Waals surface area contributed by atoms with Gasteiger partial charge in [0.2, 0.25) is 5.91 Å². The predicted molar refractivity (Wildman–Crippen MR) is 107 cm³/mol. The molecule has 0 spiro atoms. The minimum Gasteiger partial charge on any atom is -0.355 e. The van der Waals surface area contributed by atoms with Gasteiger partial charge < -0.3 is 14.7 Å². The van der Waals surface area contributed by atoms with E-state index in [1.807, 2.05) is 18.9 Å². The summed E-state index contributed by atoms with van der Waals surface area (Å²) in [5, 5.41) is 11.5. The van der Waals surface area contributed by atoms with Crippen molar-refractivity contribution in [1.29, 1.82) is 0 Å². The van der Waals surface area contributed by atoms with Crippen molar-refractivity contribution in [2.75, 3.05) is 13.1 Å². The number of carbonyl (C=O) groups is 2. The first-order valence-corrected chi connectivity index (χ1v) is 10.5. The van der Waals surface area contributed by atoms with Crippen molar-refractivity contribution < 1.29 is 14.1 Å². The molecule has 0 radical (unpaired) electrons. The second-order valence-corrected chi connectivity index (χ2v) is 8.29. The quantitative estimate of drug-likeness (QED) is 0.834. The molecule has 2 aromatic rings. The summed E-state index contributed by atoms with van der Waals surface area (Å²) >= 11 is 0. The molecule has 1 saturated heterocycles. The molecule has 3 heterocycles. The van der Waals surface area contributed by atoms with Crippen molar-refractivity contribution in [2.24, 2.45) is 18.9 Å². The van der Waals surface area contributed by atoms with Crippen LogP contribution in [0.2, 0.25) is 0 Å². The molecule has 2 atom stereocenters. The molecule has 2 amide bonds. The fourth-order valence-electron chi connectivity index (χ4n) is 4.20. The monoisotopic (exact) mass is 399 g/mol. The van der Waals surface area contributed by atoms with Gasteiger partial charge in [0.25, 0.3) is 5.91 Å². The van der Waals surface area contributed by atoms with Crippen molar-refractivity contribution in [3.05, 3.63) is 23.7 Å². The van der Waals surface area contributed by atoms with Crippen molar-refractivity contribution >= 4 is 11.8 Å². The van der Waals surface area contributed by atoms with E-state index in [9.17, 15) is 9.59 Å². The minimum absolute atomic E-state index is 0.122. The third-order valence-corrected chi connectivity index (χ3v) is 6.58. The Morgan fingerprint density at radius 1 is 1.31 bits per heavy atom. The van der Waals surface area contributed by atoms with Crippen LogP contribution in [0.25, 0.3) is 11.3 Å². The van der Waals surface area contributed by atoms with E-state index >= 15 is 0 Å². The highest BCUT2D eigenvalue weighted by Gasteiger charge is 2.35. The molecule has 0 unspecified atom stereocenters. The number of aryl methyl sites for hydroxylation is 1. The number of carbonyl (C=O) groups excluding carboxylic acids is 2. The summed E-state index contributed by atoms with van der Waals surface area (Å²) in [5.41, 5.74) is 2.10. The van der Waals surface area contributed by atoms with Gasteiger partial charge in [0.05, 0.1) is 11.8 Å². The van der Waals surface area contributed by atoms with Crippen LogP contribution in [0.1, 0.15) is 55.2 Å². The molecule has 156 valence electrons. The van der Waals surface area contributed by atoms with Crippen LogP contribution in [-0.4, -0.2) is 50.8 Å². The van der Waals surface area contributed by atoms with Crippen LogP contribution in [-0.2, 0) is 11.8 Å². The fraction of sp³-hybridized carbons (Fsp3) is 0.619. The predicted octanol–water partition coefficient (Wildman–Crippen LogP) is 2.54. The van der Waals surface area contributed by atoms with Gasteiger partial charge in [0, 0.05) is 43.9 Å². The van der Waals surface area contributed by atoms with Crippen LogP contribution in [0.15, 0.2) is 16.8 Å². The number of likely N-dealkylation sites (tertiary alicyclic amines) is 1.